The molecule has 5 bridgehead atoms. The number of anilines is 2. The number of aliphatic hydroxyl groups is 2. The highest BCUT2D eigenvalue weighted by Crippen LogP contribution is 2.51. The molecule has 2 saturated heterocycles. The van der Waals surface area contributed by atoms with Crippen LogP contribution in [0.25, 0.3) is 10.8 Å². The second-order valence-electron chi connectivity index (χ2n) is 23.9. The van der Waals surface area contributed by atoms with Crippen LogP contribution >= 0.6 is 0 Å². The van der Waals surface area contributed by atoms with E-state index in [1.165, 1.54) is 32.4 Å². The number of nitrogens with one attached hydrogen (secondary N) is 1. The average Bonchev–Trinajstić information content (AvgIpc) is 4.12. The van der Waals surface area contributed by atoms with E-state index in [1.54, 1.807) is 72.4 Å². The molecule has 9 atom stereocenters. The van der Waals surface area contributed by atoms with Crippen LogP contribution in [0.5, 0.6) is 17.2 Å². The zero-order valence-corrected chi connectivity index (χ0v) is 48.2. The molecule has 0 saturated carbocycles. The number of methoxy groups -OCH3 is 1. The van der Waals surface area contributed by atoms with E-state index in [0.29, 0.717) is 63.5 Å². The van der Waals surface area contributed by atoms with Crippen LogP contribution in [0, 0.1) is 41.9 Å². The Morgan fingerprint density at radius 1 is 0.911 bits per heavy atom. The third kappa shape index (κ3) is 11.3. The molecule has 3 aromatic carbocycles. The second kappa shape index (κ2) is 23.0. The smallest absolute Gasteiger partial charge is 0.321 e. The number of Topliss-reactive ketones (excluding diaryl/α,β-unsaturated/α-hetero) is 1. The summed E-state index contributed by atoms with van der Waals surface area (Å²) in [6.07, 6.45) is 5.74. The van der Waals surface area contributed by atoms with E-state index in [2.05, 4.69) is 46.1 Å². The zero-order valence-electron chi connectivity index (χ0n) is 48.2. The Labute approximate surface area is 463 Å². The minimum atomic E-state index is -2.03. The Morgan fingerprint density at radius 2 is 1.57 bits per heavy atom. The Kier molecular flexibility index (Phi) is 17.1. The number of aliphatic hydroxyl groups excluding tert-OH is 2. The van der Waals surface area contributed by atoms with Crippen LogP contribution in [0.3, 0.4) is 0 Å². The van der Waals surface area contributed by atoms with Crippen LogP contribution in [-0.4, -0.2) is 143 Å². The molecule has 9 rings (SSSR count). The van der Waals surface area contributed by atoms with Crippen molar-refractivity contribution in [2.24, 2.45) is 45.0 Å². The molecule has 0 aliphatic carbocycles. The van der Waals surface area contributed by atoms with Gasteiger partial charge in [0.15, 0.2) is 5.75 Å². The van der Waals surface area contributed by atoms with Crippen LogP contribution in [0.1, 0.15) is 111 Å². The van der Waals surface area contributed by atoms with Gasteiger partial charge < -0.3 is 59.4 Å². The first-order chi connectivity index (χ1) is 37.2. The molecule has 2 fully saturated rings. The Hall–Kier alpha value is -6.34. The molecule has 6 aliphatic heterocycles. The number of rotatable bonds is 8. The summed E-state index contributed by atoms with van der Waals surface area (Å²) < 4.78 is 25.1. The summed E-state index contributed by atoms with van der Waals surface area (Å²) in [6.45, 7) is 22.1. The molecule has 1 spiro atoms. The van der Waals surface area contributed by atoms with Gasteiger partial charge in [0.1, 0.15) is 39.4 Å². The number of carbonyl (C=O) groups excluding carboxylic acids is 4. The molecule has 0 radical (unpaired) electrons. The largest absolute Gasteiger partial charge is 0.507 e. The molecule has 0 aromatic heterocycles. The number of fused-ring (bicyclic) bond motifs is 13. The fraction of sp³-hybridized carbons (Fsp3) is 0.574. The van der Waals surface area contributed by atoms with Crippen molar-refractivity contribution in [3.8, 4) is 17.2 Å². The first kappa shape index (κ1) is 58.8. The van der Waals surface area contributed by atoms with Gasteiger partial charge in [0.25, 0.3) is 11.7 Å². The second-order valence-corrected chi connectivity index (χ2v) is 23.9. The highest BCUT2D eigenvalue weighted by Gasteiger charge is 2.51. The van der Waals surface area contributed by atoms with E-state index in [1.807, 2.05) is 25.2 Å². The molecule has 0 unspecified atom stereocenters. The maximum atomic E-state index is 15.1. The van der Waals surface area contributed by atoms with Crippen LogP contribution in [0.15, 0.2) is 76.5 Å². The van der Waals surface area contributed by atoms with Crippen LogP contribution in [0.2, 0.25) is 0 Å². The summed E-state index contributed by atoms with van der Waals surface area (Å²) in [5.74, 6) is -7.99. The minimum absolute atomic E-state index is 0.0243. The molecular formula is C61H82N6O12. The van der Waals surface area contributed by atoms with Crippen molar-refractivity contribution >= 4 is 45.7 Å². The Balaban J connectivity index is 1.15. The number of ketones is 1. The number of carbonyl (C=O) groups is 4. The average molecular weight is 1090 g/mol. The third-order valence-electron chi connectivity index (χ3n) is 17.4. The first-order valence-electron chi connectivity index (χ1n) is 27.9. The van der Waals surface area contributed by atoms with Gasteiger partial charge in [0, 0.05) is 119 Å². The number of amides is 2. The molecule has 18 heteroatoms. The maximum Gasteiger partial charge on any atom is 0.321 e. The predicted molar refractivity (Wildman–Crippen MR) is 300 cm³/mol. The quantitative estimate of drug-likeness (QED) is 0.0879. The van der Waals surface area contributed by atoms with E-state index in [9.17, 15) is 34.8 Å². The van der Waals surface area contributed by atoms with Crippen LogP contribution in [0.4, 0.5) is 11.4 Å². The normalized spacial score (nSPS) is 29.5. The number of aromatic hydroxyl groups is 2. The Bertz CT molecular complexity index is 3050. The summed E-state index contributed by atoms with van der Waals surface area (Å²) in [4.78, 5) is 74.0. The van der Waals surface area contributed by atoms with E-state index >= 15 is 4.79 Å². The number of phenols is 2. The molecule has 6 heterocycles. The van der Waals surface area contributed by atoms with Gasteiger partial charge in [-0.1, -0.05) is 78.0 Å². The topological polar surface area (TPSA) is 233 Å². The fourth-order valence-corrected chi connectivity index (χ4v) is 12.1. The molecular weight excluding hydrogens is 1010 g/mol. The number of allylic oxidation sites excluding steroid dienone is 2. The molecule has 79 heavy (non-hydrogen) atoms. The number of ether oxygens (including phenoxy) is 4. The molecule has 5 N–H and O–H groups in total. The Morgan fingerprint density at radius 3 is 2.20 bits per heavy atom. The maximum absolute atomic E-state index is 15.1. The first-order valence-corrected chi connectivity index (χ1v) is 27.9. The predicted octanol–water partition coefficient (Wildman–Crippen LogP) is 6.88. The number of nitrogens with zero attached hydrogens (tertiary/aromatic N) is 5. The van der Waals surface area contributed by atoms with Crippen molar-refractivity contribution in [1.29, 1.82) is 0 Å². The summed E-state index contributed by atoms with van der Waals surface area (Å²) in [5.41, 5.74) is -0.809. The van der Waals surface area contributed by atoms with Gasteiger partial charge in [-0.15, -0.1) is 0 Å². The van der Waals surface area contributed by atoms with Gasteiger partial charge >= 0.3 is 11.8 Å². The highest BCUT2D eigenvalue weighted by molar-refractivity contribution is 6.21. The molecule has 18 nitrogen and oxygen atoms in total. The third-order valence-corrected chi connectivity index (χ3v) is 17.4. The lowest BCUT2D eigenvalue weighted by molar-refractivity contribution is -0.178. The number of esters is 1. The van der Waals surface area contributed by atoms with Crippen molar-refractivity contribution < 1.29 is 58.6 Å². The van der Waals surface area contributed by atoms with Gasteiger partial charge in [0.05, 0.1) is 41.2 Å². The number of likely N-dealkylation sites (tertiary alicyclic amines) is 2. The van der Waals surface area contributed by atoms with Crippen molar-refractivity contribution in [2.75, 3.05) is 57.1 Å². The van der Waals surface area contributed by atoms with Gasteiger partial charge in [-0.05, 0) is 64.7 Å². The lowest BCUT2D eigenvalue weighted by Crippen LogP contribution is -2.53. The van der Waals surface area contributed by atoms with Crippen LogP contribution < -0.4 is 25.7 Å². The summed E-state index contributed by atoms with van der Waals surface area (Å²) in [5, 5.41) is 51.8. The van der Waals surface area contributed by atoms with Gasteiger partial charge in [-0.3, -0.25) is 24.2 Å². The molecule has 3 aromatic rings. The fourth-order valence-electron chi connectivity index (χ4n) is 12.1. The highest BCUT2D eigenvalue weighted by atomic mass is 16.7. The van der Waals surface area contributed by atoms with Crippen molar-refractivity contribution in [3.05, 3.63) is 88.3 Å². The van der Waals surface area contributed by atoms with Gasteiger partial charge in [-0.25, -0.2) is 4.99 Å². The van der Waals surface area contributed by atoms with Crippen molar-refractivity contribution in [3.63, 3.8) is 0 Å². The monoisotopic (exact) mass is 1090 g/mol. The van der Waals surface area contributed by atoms with Crippen molar-refractivity contribution in [2.45, 2.75) is 144 Å². The minimum Gasteiger partial charge on any atom is -0.507 e. The molecule has 428 valence electrons. The lowest BCUT2D eigenvalue weighted by atomic mass is 9.78. The van der Waals surface area contributed by atoms with E-state index in [4.69, 9.17) is 23.9 Å². The van der Waals surface area contributed by atoms with Gasteiger partial charge in [-0.2, -0.15) is 0 Å². The number of hydrogen-bond donors (Lipinski definition) is 5. The summed E-state index contributed by atoms with van der Waals surface area (Å²) in [6, 6.07) is 10.2. The zero-order chi connectivity index (χ0) is 57.6. The summed E-state index contributed by atoms with van der Waals surface area (Å²) in [7, 11) is 3.50. The summed E-state index contributed by atoms with van der Waals surface area (Å²) >= 11 is 0. The molecule has 6 aliphatic rings. The molecule has 2 amide bonds. The number of hydrogen-bond acceptors (Lipinski definition) is 16. The lowest BCUT2D eigenvalue weighted by Gasteiger charge is -2.41. The SMILES string of the molecule is CO[C@H]1/C=C/O[C@@]2(C)Oc3c(C)c(O)c4c(O)c(c5c(c4c3C2=O)NC2(CCN(CC(C)C)CC2)N=5)=NC(=O)/C(C)=C\C=C\[C@H](C)[C@H](O)[C@@H](C)[C@@H](O)[C@@H](C)[C@H](OC(=O)C(C)(C)C(=O)N2CCC(N(C)c3ccccc3)CC2)[C@@H]1C. The van der Waals surface area contributed by atoms with Gasteiger partial charge in [0.2, 0.25) is 5.91 Å². The van der Waals surface area contributed by atoms with Crippen LogP contribution in [-0.2, 0) is 28.6 Å². The number of phenolic OH excluding ortho intramolecular Hbond substituents is 2. The van der Waals surface area contributed by atoms with Crippen molar-refractivity contribution in [1.82, 2.24) is 9.80 Å². The number of piperidine rings is 2. The van der Waals surface area contributed by atoms with E-state index < -0.39 is 94.1 Å². The van der Waals surface area contributed by atoms with E-state index in [0.717, 1.165) is 12.2 Å². The van der Waals surface area contributed by atoms with E-state index in [-0.39, 0.29) is 55.9 Å². The number of para-hydroxylation sites is 1. The standard InChI is InChI=1S/C61H82N6O12/c1-33(2)32-66-29-25-61(26-30-66)63-46-43-44-51(70)39(8)54-45(43)55(72)60(11,79-54)77-31-24-42(76-13)36(5)53(78-58(75)59(9,10)57(74)67-27-22-41(23-28-67)65(12)40-20-15-14-16-21-40)38(7)50(69)37(6)49(68)34(3)18-17-19-35(4)56(73)62-48(52(44)71)47(46)64-61/h14-21,24,31,33-34,36-38,41-42,49-50,53,63,68-71H,22-23,25-30,32H2,1-13H3/b18-17+,31-24+,35-19-,62-48?/t34-,36+,37+,38+,42-,49-,50+,53+,60-/m0/s1. The number of benzene rings is 3.